The molecule has 5 nitrogen and oxygen atoms in total. The van der Waals surface area contributed by atoms with Gasteiger partial charge in [-0.3, -0.25) is 4.99 Å². The van der Waals surface area contributed by atoms with E-state index in [-0.39, 0.29) is 29.4 Å². The van der Waals surface area contributed by atoms with Crippen LogP contribution in [0.25, 0.3) is 0 Å². The normalized spacial score (nSPS) is 16.2. The number of nitrogens with two attached hydrogens (primary N) is 1. The first-order valence-electron chi connectivity index (χ1n) is 8.77. The first kappa shape index (κ1) is 23.1. The Morgan fingerprint density at radius 3 is 2.54 bits per heavy atom. The first-order valence-corrected chi connectivity index (χ1v) is 9.53. The van der Waals surface area contributed by atoms with E-state index in [1.54, 1.807) is 19.2 Å². The third-order valence-electron chi connectivity index (χ3n) is 4.87. The quantitative estimate of drug-likeness (QED) is 0.318. The van der Waals surface area contributed by atoms with Gasteiger partial charge in [0.25, 0.3) is 0 Å². The van der Waals surface area contributed by atoms with Gasteiger partial charge in [-0.25, -0.2) is 0 Å². The average Bonchev–Trinajstić information content (AvgIpc) is 2.68. The molecule has 1 aliphatic heterocycles. The highest BCUT2D eigenvalue weighted by Gasteiger charge is 2.36. The molecule has 28 heavy (non-hydrogen) atoms. The molecule has 0 aliphatic carbocycles. The molecule has 0 atom stereocenters. The maximum absolute atomic E-state index is 6.48. The molecular formula is C20H24Cl2IN3O2. The number of ether oxygens (including phenoxy) is 2. The van der Waals surface area contributed by atoms with Crippen LogP contribution >= 0.6 is 47.2 Å². The van der Waals surface area contributed by atoms with Crippen molar-refractivity contribution in [2.24, 2.45) is 10.7 Å². The zero-order valence-corrected chi connectivity index (χ0v) is 19.4. The maximum atomic E-state index is 6.48. The number of nitrogens with one attached hydrogen (secondary N) is 1. The number of hydrogen-bond donors (Lipinski definition) is 2. The average molecular weight is 536 g/mol. The molecule has 0 amide bonds. The molecule has 152 valence electrons. The summed E-state index contributed by atoms with van der Waals surface area (Å²) in [6.07, 6.45) is 1.70. The van der Waals surface area contributed by atoms with Crippen molar-refractivity contribution in [2.75, 3.05) is 32.2 Å². The summed E-state index contributed by atoms with van der Waals surface area (Å²) < 4.78 is 10.7. The molecule has 1 heterocycles. The number of anilines is 1. The third kappa shape index (κ3) is 5.43. The smallest absolute Gasteiger partial charge is 0.193 e. The van der Waals surface area contributed by atoms with Crippen LogP contribution < -0.4 is 15.8 Å². The molecule has 2 aromatic rings. The standard InChI is InChI=1S/C20H23Cl2N3O2.HI/c1-26-18-7-6-14(12-17(18)22)25-19(23)24-13-20(8-10-27-11-9-20)15-4-2-3-5-16(15)21;/h2-7,12H,8-11,13H2,1H3,(H3,23,24,25);1H. The molecule has 8 heteroatoms. The highest BCUT2D eigenvalue weighted by Crippen LogP contribution is 2.39. The topological polar surface area (TPSA) is 68.9 Å². The minimum atomic E-state index is -0.180. The minimum absolute atomic E-state index is 0. The Kier molecular flexibility index (Phi) is 8.67. The molecule has 0 aromatic heterocycles. The van der Waals surface area contributed by atoms with Gasteiger partial charge < -0.3 is 20.5 Å². The lowest BCUT2D eigenvalue weighted by molar-refractivity contribution is 0.0532. The summed E-state index contributed by atoms with van der Waals surface area (Å²) in [5.74, 6) is 0.937. The fraction of sp³-hybridized carbons (Fsp3) is 0.350. The second-order valence-electron chi connectivity index (χ2n) is 6.55. The molecular weight excluding hydrogens is 512 g/mol. The molecule has 2 aromatic carbocycles. The van der Waals surface area contributed by atoms with Crippen LogP contribution in [0.4, 0.5) is 5.69 Å². The van der Waals surface area contributed by atoms with Crippen LogP contribution in [0.15, 0.2) is 47.5 Å². The van der Waals surface area contributed by atoms with E-state index in [1.165, 1.54) is 0 Å². The van der Waals surface area contributed by atoms with E-state index in [9.17, 15) is 0 Å². The number of aliphatic imine (C=N–C) groups is 1. The Balaban J connectivity index is 0.00000280. The predicted molar refractivity (Wildman–Crippen MR) is 127 cm³/mol. The Morgan fingerprint density at radius 1 is 1.18 bits per heavy atom. The molecule has 0 unspecified atom stereocenters. The van der Waals surface area contributed by atoms with Gasteiger partial charge in [0.05, 0.1) is 18.7 Å². The number of halogens is 3. The van der Waals surface area contributed by atoms with Crippen LogP contribution in [-0.4, -0.2) is 32.8 Å². The van der Waals surface area contributed by atoms with Gasteiger partial charge in [-0.05, 0) is 42.7 Å². The van der Waals surface area contributed by atoms with Gasteiger partial charge in [0.2, 0.25) is 0 Å². The second kappa shape index (κ2) is 10.5. The van der Waals surface area contributed by atoms with Crippen molar-refractivity contribution in [2.45, 2.75) is 18.3 Å². The number of hydrogen-bond acceptors (Lipinski definition) is 3. The molecule has 0 spiro atoms. The van der Waals surface area contributed by atoms with Crippen molar-refractivity contribution in [3.05, 3.63) is 58.1 Å². The number of guanidine groups is 1. The van der Waals surface area contributed by atoms with Crippen molar-refractivity contribution >= 4 is 58.8 Å². The van der Waals surface area contributed by atoms with Crippen LogP contribution in [0.1, 0.15) is 18.4 Å². The lowest BCUT2D eigenvalue weighted by atomic mass is 9.74. The summed E-state index contributed by atoms with van der Waals surface area (Å²) in [6.45, 7) is 1.90. The summed E-state index contributed by atoms with van der Waals surface area (Å²) in [4.78, 5) is 4.60. The molecule has 3 N–H and O–H groups in total. The fourth-order valence-electron chi connectivity index (χ4n) is 3.33. The van der Waals surface area contributed by atoms with E-state index in [0.717, 1.165) is 29.1 Å². The van der Waals surface area contributed by atoms with E-state index in [0.29, 0.717) is 36.5 Å². The van der Waals surface area contributed by atoms with Gasteiger partial charge in [-0.15, -0.1) is 24.0 Å². The number of nitrogens with zero attached hydrogens (tertiary/aromatic N) is 1. The van der Waals surface area contributed by atoms with Crippen molar-refractivity contribution in [3.63, 3.8) is 0 Å². The number of benzene rings is 2. The lowest BCUT2D eigenvalue weighted by Crippen LogP contribution is -2.38. The molecule has 1 aliphatic rings. The van der Waals surface area contributed by atoms with E-state index in [2.05, 4.69) is 16.4 Å². The highest BCUT2D eigenvalue weighted by molar-refractivity contribution is 14.0. The molecule has 0 saturated carbocycles. The Labute approximate surface area is 192 Å². The van der Waals surface area contributed by atoms with Gasteiger partial charge in [0.1, 0.15) is 5.75 Å². The fourth-order valence-corrected chi connectivity index (χ4v) is 3.93. The van der Waals surface area contributed by atoms with Gasteiger partial charge in [-0.1, -0.05) is 41.4 Å². The van der Waals surface area contributed by atoms with Gasteiger partial charge in [-0.2, -0.15) is 0 Å². The Bertz CT molecular complexity index is 827. The largest absolute Gasteiger partial charge is 0.495 e. The molecule has 0 bridgehead atoms. The van der Waals surface area contributed by atoms with Gasteiger partial charge >= 0.3 is 0 Å². The highest BCUT2D eigenvalue weighted by atomic mass is 127. The van der Waals surface area contributed by atoms with E-state index in [4.69, 9.17) is 38.4 Å². The minimum Gasteiger partial charge on any atom is -0.495 e. The first-order chi connectivity index (χ1) is 13.0. The maximum Gasteiger partial charge on any atom is 0.193 e. The summed E-state index contributed by atoms with van der Waals surface area (Å²) in [7, 11) is 1.58. The van der Waals surface area contributed by atoms with Crippen molar-refractivity contribution < 1.29 is 9.47 Å². The van der Waals surface area contributed by atoms with E-state index < -0.39 is 0 Å². The summed E-state index contributed by atoms with van der Waals surface area (Å²) in [5, 5.41) is 4.34. The summed E-state index contributed by atoms with van der Waals surface area (Å²) in [6, 6.07) is 13.3. The van der Waals surface area contributed by atoms with Crippen LogP contribution in [0, 0.1) is 0 Å². The molecule has 1 fully saturated rings. The van der Waals surface area contributed by atoms with Crippen molar-refractivity contribution in [1.29, 1.82) is 0 Å². The predicted octanol–water partition coefficient (Wildman–Crippen LogP) is 5.10. The summed E-state index contributed by atoms with van der Waals surface area (Å²) >= 11 is 12.6. The van der Waals surface area contributed by atoms with Crippen LogP contribution in [0.2, 0.25) is 10.0 Å². The Morgan fingerprint density at radius 2 is 1.89 bits per heavy atom. The van der Waals surface area contributed by atoms with Crippen LogP contribution in [0.5, 0.6) is 5.75 Å². The van der Waals surface area contributed by atoms with E-state index >= 15 is 0 Å². The molecule has 1 saturated heterocycles. The molecule has 0 radical (unpaired) electrons. The van der Waals surface area contributed by atoms with Crippen molar-refractivity contribution in [3.8, 4) is 5.75 Å². The number of rotatable bonds is 5. The SMILES string of the molecule is COc1ccc(NC(N)=NCC2(c3ccccc3Cl)CCOCC2)cc1Cl.I. The summed E-state index contributed by atoms with van der Waals surface area (Å²) in [5.41, 5.74) is 7.79. The zero-order valence-electron chi connectivity index (χ0n) is 15.6. The third-order valence-corrected chi connectivity index (χ3v) is 5.50. The number of methoxy groups -OCH3 is 1. The molecule has 3 rings (SSSR count). The van der Waals surface area contributed by atoms with Crippen LogP contribution in [0.3, 0.4) is 0 Å². The zero-order chi connectivity index (χ0) is 19.3. The monoisotopic (exact) mass is 535 g/mol. The van der Waals surface area contributed by atoms with Crippen molar-refractivity contribution in [1.82, 2.24) is 0 Å². The Hall–Kier alpha value is -1.22. The lowest BCUT2D eigenvalue weighted by Gasteiger charge is -2.37. The van der Waals surface area contributed by atoms with Crippen LogP contribution in [-0.2, 0) is 10.2 Å². The van der Waals surface area contributed by atoms with Gasteiger partial charge in [0.15, 0.2) is 5.96 Å². The second-order valence-corrected chi connectivity index (χ2v) is 7.36. The van der Waals surface area contributed by atoms with Gasteiger partial charge in [0, 0.05) is 29.3 Å². The van der Waals surface area contributed by atoms with E-state index in [1.807, 2.05) is 24.3 Å².